The van der Waals surface area contributed by atoms with Crippen LogP contribution in [0.25, 0.3) is 0 Å². The molecule has 2 aromatic rings. The number of hydrogen-bond acceptors (Lipinski definition) is 2. The Balaban J connectivity index is 2.30. The standard InChI is InChI=1S/C14H15NO/c1-10-7-11(2)9-12(8-10)16-14-6-4-3-5-13(14)15/h3-9H,15H2,1-2H3. The SMILES string of the molecule is Cc1cc(C)cc(Oc2ccccc2N)c1. The van der Waals surface area contributed by atoms with Crippen LogP contribution in [0.5, 0.6) is 11.5 Å². The summed E-state index contributed by atoms with van der Waals surface area (Å²) >= 11 is 0. The van der Waals surface area contributed by atoms with Gasteiger partial charge in [0.1, 0.15) is 11.5 Å². The van der Waals surface area contributed by atoms with Crippen molar-refractivity contribution < 1.29 is 4.74 Å². The number of benzene rings is 2. The molecule has 2 rings (SSSR count). The highest BCUT2D eigenvalue weighted by atomic mass is 16.5. The monoisotopic (exact) mass is 213 g/mol. The van der Waals surface area contributed by atoms with Gasteiger partial charge in [0, 0.05) is 0 Å². The van der Waals surface area contributed by atoms with Gasteiger partial charge in [0.25, 0.3) is 0 Å². The minimum atomic E-state index is 0.654. The fraction of sp³-hybridized carbons (Fsp3) is 0.143. The normalized spacial score (nSPS) is 10.1. The van der Waals surface area contributed by atoms with E-state index < -0.39 is 0 Å². The molecule has 0 atom stereocenters. The van der Waals surface area contributed by atoms with Crippen molar-refractivity contribution in [1.29, 1.82) is 0 Å². The second-order valence-corrected chi connectivity index (χ2v) is 3.96. The maximum absolute atomic E-state index is 5.82. The van der Waals surface area contributed by atoms with Gasteiger partial charge in [-0.1, -0.05) is 18.2 Å². The van der Waals surface area contributed by atoms with Crippen LogP contribution in [0.1, 0.15) is 11.1 Å². The van der Waals surface area contributed by atoms with Crippen molar-refractivity contribution in [3.63, 3.8) is 0 Å². The molecule has 0 unspecified atom stereocenters. The number of para-hydroxylation sites is 2. The third kappa shape index (κ3) is 2.34. The number of rotatable bonds is 2. The Bertz CT molecular complexity index is 486. The van der Waals surface area contributed by atoms with Gasteiger partial charge in [0.2, 0.25) is 0 Å². The van der Waals surface area contributed by atoms with Crippen LogP contribution < -0.4 is 10.5 Å². The molecule has 0 aliphatic carbocycles. The van der Waals surface area contributed by atoms with E-state index in [9.17, 15) is 0 Å². The first kappa shape index (κ1) is 10.6. The van der Waals surface area contributed by atoms with Crippen LogP contribution >= 0.6 is 0 Å². The molecular formula is C14H15NO. The molecule has 0 fully saturated rings. The first-order valence-corrected chi connectivity index (χ1v) is 5.26. The second kappa shape index (κ2) is 4.27. The van der Waals surface area contributed by atoms with E-state index in [1.807, 2.05) is 50.2 Å². The number of nitrogen functional groups attached to an aromatic ring is 1. The largest absolute Gasteiger partial charge is 0.455 e. The van der Waals surface area contributed by atoms with Crippen molar-refractivity contribution in [3.05, 3.63) is 53.6 Å². The fourth-order valence-electron chi connectivity index (χ4n) is 1.69. The van der Waals surface area contributed by atoms with Crippen LogP contribution in [-0.4, -0.2) is 0 Å². The molecule has 0 aliphatic heterocycles. The molecule has 2 nitrogen and oxygen atoms in total. The lowest BCUT2D eigenvalue weighted by atomic mass is 10.1. The van der Waals surface area contributed by atoms with Gasteiger partial charge in [0.15, 0.2) is 0 Å². The molecule has 0 bridgehead atoms. The fourth-order valence-corrected chi connectivity index (χ4v) is 1.69. The van der Waals surface area contributed by atoms with E-state index >= 15 is 0 Å². The highest BCUT2D eigenvalue weighted by Crippen LogP contribution is 2.27. The summed E-state index contributed by atoms with van der Waals surface area (Å²) in [5.74, 6) is 1.53. The summed E-state index contributed by atoms with van der Waals surface area (Å²) in [5, 5.41) is 0. The van der Waals surface area contributed by atoms with Crippen LogP contribution in [0, 0.1) is 13.8 Å². The lowest BCUT2D eigenvalue weighted by Gasteiger charge is -2.09. The van der Waals surface area contributed by atoms with Crippen LogP contribution in [-0.2, 0) is 0 Å². The zero-order valence-corrected chi connectivity index (χ0v) is 9.53. The number of aryl methyl sites for hydroxylation is 2. The van der Waals surface area contributed by atoms with Gasteiger partial charge in [-0.3, -0.25) is 0 Å². The molecule has 0 saturated heterocycles. The highest BCUT2D eigenvalue weighted by Gasteiger charge is 2.01. The third-order valence-corrected chi connectivity index (χ3v) is 2.34. The third-order valence-electron chi connectivity index (χ3n) is 2.34. The molecule has 82 valence electrons. The average molecular weight is 213 g/mol. The van der Waals surface area contributed by atoms with Gasteiger partial charge in [-0.15, -0.1) is 0 Å². The van der Waals surface area contributed by atoms with Crippen LogP contribution in [0.15, 0.2) is 42.5 Å². The summed E-state index contributed by atoms with van der Waals surface area (Å²) in [7, 11) is 0. The summed E-state index contributed by atoms with van der Waals surface area (Å²) in [6.45, 7) is 4.10. The van der Waals surface area contributed by atoms with Gasteiger partial charge in [-0.25, -0.2) is 0 Å². The Kier molecular flexibility index (Phi) is 2.82. The first-order chi connectivity index (χ1) is 7.65. The van der Waals surface area contributed by atoms with Gasteiger partial charge in [-0.2, -0.15) is 0 Å². The first-order valence-electron chi connectivity index (χ1n) is 5.26. The van der Waals surface area contributed by atoms with Crippen LogP contribution in [0.2, 0.25) is 0 Å². The molecule has 0 spiro atoms. The quantitative estimate of drug-likeness (QED) is 0.772. The molecule has 0 aliphatic rings. The maximum atomic E-state index is 5.82. The number of hydrogen-bond donors (Lipinski definition) is 1. The van der Waals surface area contributed by atoms with E-state index in [1.165, 1.54) is 11.1 Å². The van der Waals surface area contributed by atoms with Crippen molar-refractivity contribution in [3.8, 4) is 11.5 Å². The molecule has 2 heteroatoms. The maximum Gasteiger partial charge on any atom is 0.150 e. The minimum absolute atomic E-state index is 0.654. The molecule has 2 N–H and O–H groups in total. The van der Waals surface area contributed by atoms with Crippen molar-refractivity contribution in [2.45, 2.75) is 13.8 Å². The molecule has 0 amide bonds. The van der Waals surface area contributed by atoms with E-state index in [4.69, 9.17) is 10.5 Å². The Morgan fingerprint density at radius 2 is 1.56 bits per heavy atom. The summed E-state index contributed by atoms with van der Waals surface area (Å²) in [4.78, 5) is 0. The molecular weight excluding hydrogens is 198 g/mol. The van der Waals surface area contributed by atoms with Gasteiger partial charge >= 0.3 is 0 Å². The smallest absolute Gasteiger partial charge is 0.150 e. The Labute approximate surface area is 95.7 Å². The van der Waals surface area contributed by atoms with Gasteiger partial charge in [-0.05, 0) is 49.2 Å². The van der Waals surface area contributed by atoms with E-state index in [2.05, 4.69) is 6.07 Å². The highest BCUT2D eigenvalue weighted by molar-refractivity contribution is 5.53. The lowest BCUT2D eigenvalue weighted by Crippen LogP contribution is -1.92. The molecule has 0 heterocycles. The van der Waals surface area contributed by atoms with Crippen LogP contribution in [0.3, 0.4) is 0 Å². The Morgan fingerprint density at radius 3 is 2.19 bits per heavy atom. The van der Waals surface area contributed by atoms with Crippen molar-refractivity contribution in [2.24, 2.45) is 0 Å². The second-order valence-electron chi connectivity index (χ2n) is 3.96. The van der Waals surface area contributed by atoms with E-state index in [1.54, 1.807) is 0 Å². The summed E-state index contributed by atoms with van der Waals surface area (Å²) in [6, 6.07) is 13.6. The summed E-state index contributed by atoms with van der Waals surface area (Å²) in [5.41, 5.74) is 8.84. The Hall–Kier alpha value is -1.96. The molecule has 16 heavy (non-hydrogen) atoms. The van der Waals surface area contributed by atoms with Crippen molar-refractivity contribution >= 4 is 5.69 Å². The molecule has 0 aromatic heterocycles. The van der Waals surface area contributed by atoms with Crippen molar-refractivity contribution in [2.75, 3.05) is 5.73 Å². The number of nitrogens with two attached hydrogens (primary N) is 1. The molecule has 0 saturated carbocycles. The molecule has 2 aromatic carbocycles. The summed E-state index contributed by atoms with van der Waals surface area (Å²) < 4.78 is 5.75. The predicted octanol–water partition coefficient (Wildman–Crippen LogP) is 3.68. The predicted molar refractivity (Wildman–Crippen MR) is 66.8 cm³/mol. The number of ether oxygens (including phenoxy) is 1. The average Bonchev–Trinajstić information content (AvgIpc) is 2.20. The zero-order chi connectivity index (χ0) is 11.5. The zero-order valence-electron chi connectivity index (χ0n) is 9.53. The summed E-state index contributed by atoms with van der Waals surface area (Å²) in [6.07, 6.45) is 0. The van der Waals surface area contributed by atoms with Gasteiger partial charge in [0.05, 0.1) is 5.69 Å². The van der Waals surface area contributed by atoms with E-state index in [-0.39, 0.29) is 0 Å². The Morgan fingerprint density at radius 1 is 0.938 bits per heavy atom. The molecule has 0 radical (unpaired) electrons. The van der Waals surface area contributed by atoms with Crippen LogP contribution in [0.4, 0.5) is 5.69 Å². The van der Waals surface area contributed by atoms with E-state index in [0.717, 1.165) is 5.75 Å². The lowest BCUT2D eigenvalue weighted by molar-refractivity contribution is 0.484. The van der Waals surface area contributed by atoms with Crippen molar-refractivity contribution in [1.82, 2.24) is 0 Å². The topological polar surface area (TPSA) is 35.2 Å². The number of anilines is 1. The van der Waals surface area contributed by atoms with Gasteiger partial charge < -0.3 is 10.5 Å². The minimum Gasteiger partial charge on any atom is -0.455 e. The van der Waals surface area contributed by atoms with E-state index in [0.29, 0.717) is 11.4 Å².